The molecule has 0 aromatic heterocycles. The maximum atomic E-state index is 12.0. The van der Waals surface area contributed by atoms with Crippen LogP contribution in [-0.4, -0.2) is 41.9 Å². The molecular formula is C14H24N2O4. The summed E-state index contributed by atoms with van der Waals surface area (Å²) in [5.74, 6) is -0.933. The molecule has 2 saturated carbocycles. The van der Waals surface area contributed by atoms with E-state index in [4.69, 9.17) is 4.74 Å². The first-order valence-electron chi connectivity index (χ1n) is 7.37. The van der Waals surface area contributed by atoms with Gasteiger partial charge in [-0.2, -0.15) is 0 Å². The number of nitrogens with one attached hydrogen (secondary N) is 2. The molecule has 0 saturated heterocycles. The zero-order valence-electron chi connectivity index (χ0n) is 12.0. The maximum Gasteiger partial charge on any atom is 0.329 e. The fourth-order valence-electron chi connectivity index (χ4n) is 3.07. The van der Waals surface area contributed by atoms with Crippen LogP contribution in [-0.2, 0) is 9.53 Å². The van der Waals surface area contributed by atoms with Crippen LogP contribution in [0.5, 0.6) is 0 Å². The lowest BCUT2D eigenvalue weighted by Crippen LogP contribution is -2.60. The van der Waals surface area contributed by atoms with Crippen LogP contribution in [0, 0.1) is 0 Å². The molecule has 3 N–H and O–H groups in total. The van der Waals surface area contributed by atoms with Gasteiger partial charge >= 0.3 is 12.0 Å². The molecule has 0 aromatic rings. The minimum atomic E-state index is -1.10. The molecule has 2 rings (SSSR count). The van der Waals surface area contributed by atoms with Crippen LogP contribution in [0.15, 0.2) is 0 Å². The highest BCUT2D eigenvalue weighted by Gasteiger charge is 2.42. The van der Waals surface area contributed by atoms with E-state index in [1.54, 1.807) is 7.11 Å². The molecule has 0 radical (unpaired) electrons. The smallest absolute Gasteiger partial charge is 0.329 e. The first kappa shape index (κ1) is 15.1. The molecule has 0 unspecified atom stereocenters. The van der Waals surface area contributed by atoms with E-state index >= 15 is 0 Å². The zero-order valence-corrected chi connectivity index (χ0v) is 12.0. The molecule has 2 aliphatic carbocycles. The van der Waals surface area contributed by atoms with E-state index < -0.39 is 17.5 Å². The second-order valence-corrected chi connectivity index (χ2v) is 6.00. The lowest BCUT2D eigenvalue weighted by Gasteiger charge is -2.41. The van der Waals surface area contributed by atoms with Crippen LogP contribution in [0.3, 0.4) is 0 Å². The van der Waals surface area contributed by atoms with Crippen molar-refractivity contribution in [1.82, 2.24) is 10.6 Å². The van der Waals surface area contributed by atoms with Crippen LogP contribution < -0.4 is 10.6 Å². The van der Waals surface area contributed by atoms with Crippen molar-refractivity contribution in [2.45, 2.75) is 62.5 Å². The minimum Gasteiger partial charge on any atom is -0.480 e. The summed E-state index contributed by atoms with van der Waals surface area (Å²) in [6.07, 6.45) is 6.71. The van der Waals surface area contributed by atoms with Gasteiger partial charge in [0.1, 0.15) is 5.54 Å². The summed E-state index contributed by atoms with van der Waals surface area (Å²) in [7, 11) is 1.65. The van der Waals surface area contributed by atoms with Gasteiger partial charge in [0, 0.05) is 13.7 Å². The number of ether oxygens (including phenoxy) is 1. The summed E-state index contributed by atoms with van der Waals surface area (Å²) >= 11 is 0. The molecule has 0 aromatic carbocycles. The van der Waals surface area contributed by atoms with Crippen LogP contribution in [0.2, 0.25) is 0 Å². The second-order valence-electron chi connectivity index (χ2n) is 6.00. The summed E-state index contributed by atoms with van der Waals surface area (Å²) < 4.78 is 5.43. The van der Waals surface area contributed by atoms with Crippen LogP contribution >= 0.6 is 0 Å². The van der Waals surface area contributed by atoms with Crippen molar-refractivity contribution >= 4 is 12.0 Å². The molecule has 2 amide bonds. The fourth-order valence-corrected chi connectivity index (χ4v) is 3.07. The van der Waals surface area contributed by atoms with Gasteiger partial charge < -0.3 is 20.5 Å². The molecule has 20 heavy (non-hydrogen) atoms. The van der Waals surface area contributed by atoms with Crippen molar-refractivity contribution < 1.29 is 19.4 Å². The Kier molecular flexibility index (Phi) is 4.52. The summed E-state index contributed by atoms with van der Waals surface area (Å²) in [6.45, 7) is 0.436. The molecular weight excluding hydrogens is 260 g/mol. The predicted molar refractivity (Wildman–Crippen MR) is 73.6 cm³/mol. The van der Waals surface area contributed by atoms with Gasteiger partial charge in [0.25, 0.3) is 0 Å². The monoisotopic (exact) mass is 284 g/mol. The van der Waals surface area contributed by atoms with E-state index in [1.165, 1.54) is 0 Å². The Labute approximate surface area is 119 Å². The number of carboxylic acids is 1. The highest BCUT2D eigenvalue weighted by Crippen LogP contribution is 2.34. The average Bonchev–Trinajstić information content (AvgIpc) is 2.39. The lowest BCUT2D eigenvalue weighted by molar-refractivity contribution is -0.145. The summed E-state index contributed by atoms with van der Waals surface area (Å²) in [4.78, 5) is 23.5. The normalized spacial score (nSPS) is 23.4. The van der Waals surface area contributed by atoms with Crippen molar-refractivity contribution in [3.8, 4) is 0 Å². The third kappa shape index (κ3) is 3.06. The standard InChI is InChI=1S/C14H24N2O4/c1-20-13(6-5-7-13)10-15-12(19)16-14(11(17)18)8-3-2-4-9-14/h2-10H2,1H3,(H,17,18)(H2,15,16,19). The first-order valence-corrected chi connectivity index (χ1v) is 7.37. The number of aliphatic carboxylic acids is 1. The van der Waals surface area contributed by atoms with E-state index in [1.807, 2.05) is 0 Å². The van der Waals surface area contributed by atoms with Crippen LogP contribution in [0.4, 0.5) is 4.79 Å². The Bertz CT molecular complexity index is 368. The van der Waals surface area contributed by atoms with Crippen LogP contribution in [0.25, 0.3) is 0 Å². The lowest BCUT2D eigenvalue weighted by atomic mass is 9.80. The highest BCUT2D eigenvalue weighted by atomic mass is 16.5. The van der Waals surface area contributed by atoms with Gasteiger partial charge in [-0.1, -0.05) is 19.3 Å². The third-order valence-electron chi connectivity index (χ3n) is 4.74. The topological polar surface area (TPSA) is 87.7 Å². The van der Waals surface area contributed by atoms with E-state index in [0.717, 1.165) is 38.5 Å². The van der Waals surface area contributed by atoms with Gasteiger partial charge in [-0.15, -0.1) is 0 Å². The van der Waals surface area contributed by atoms with Crippen molar-refractivity contribution in [2.24, 2.45) is 0 Å². The summed E-state index contributed by atoms with van der Waals surface area (Å²) in [5, 5.41) is 14.8. The first-order chi connectivity index (χ1) is 9.52. The van der Waals surface area contributed by atoms with E-state index in [0.29, 0.717) is 19.4 Å². The molecule has 0 aliphatic heterocycles. The number of carbonyl (C=O) groups excluding carboxylic acids is 1. The molecule has 114 valence electrons. The number of amides is 2. The number of urea groups is 1. The number of rotatable bonds is 5. The van der Waals surface area contributed by atoms with Gasteiger partial charge in [-0.25, -0.2) is 9.59 Å². The Morgan fingerprint density at radius 1 is 1.10 bits per heavy atom. The van der Waals surface area contributed by atoms with E-state index in [-0.39, 0.29) is 5.60 Å². The Balaban J connectivity index is 1.87. The number of carboxylic acid groups (broad SMARTS) is 1. The predicted octanol–water partition coefficient (Wildman–Crippen LogP) is 1.64. The minimum absolute atomic E-state index is 0.250. The molecule has 2 fully saturated rings. The highest BCUT2D eigenvalue weighted by molar-refractivity contribution is 5.86. The molecule has 2 aliphatic rings. The zero-order chi connectivity index (χ0) is 14.6. The number of carbonyl (C=O) groups is 2. The summed E-state index contributed by atoms with van der Waals surface area (Å²) in [5.41, 5.74) is -1.34. The molecule has 6 heteroatoms. The Morgan fingerprint density at radius 3 is 2.20 bits per heavy atom. The number of methoxy groups -OCH3 is 1. The van der Waals surface area contributed by atoms with Crippen LogP contribution in [0.1, 0.15) is 51.4 Å². The number of hydrogen-bond acceptors (Lipinski definition) is 3. The molecule has 0 heterocycles. The van der Waals surface area contributed by atoms with Crippen molar-refractivity contribution in [2.75, 3.05) is 13.7 Å². The number of hydrogen-bond donors (Lipinski definition) is 3. The van der Waals surface area contributed by atoms with Gasteiger partial charge in [-0.05, 0) is 32.1 Å². The third-order valence-corrected chi connectivity index (χ3v) is 4.74. The van der Waals surface area contributed by atoms with Crippen molar-refractivity contribution in [3.05, 3.63) is 0 Å². The molecule has 0 bridgehead atoms. The second kappa shape index (κ2) is 5.99. The van der Waals surface area contributed by atoms with Crippen molar-refractivity contribution in [3.63, 3.8) is 0 Å². The van der Waals surface area contributed by atoms with Gasteiger partial charge in [0.05, 0.1) is 5.60 Å². The van der Waals surface area contributed by atoms with Crippen molar-refractivity contribution in [1.29, 1.82) is 0 Å². The van der Waals surface area contributed by atoms with E-state index in [9.17, 15) is 14.7 Å². The average molecular weight is 284 g/mol. The molecule has 0 atom stereocenters. The maximum absolute atomic E-state index is 12.0. The van der Waals surface area contributed by atoms with E-state index in [2.05, 4.69) is 10.6 Å². The quantitative estimate of drug-likeness (QED) is 0.716. The Morgan fingerprint density at radius 2 is 1.75 bits per heavy atom. The summed E-state index contributed by atoms with van der Waals surface area (Å²) in [6, 6.07) is -0.405. The Hall–Kier alpha value is -1.30. The largest absolute Gasteiger partial charge is 0.480 e. The fraction of sp³-hybridized carbons (Fsp3) is 0.857. The van der Waals surface area contributed by atoms with Gasteiger partial charge in [0.15, 0.2) is 0 Å². The van der Waals surface area contributed by atoms with Gasteiger partial charge in [0.2, 0.25) is 0 Å². The molecule has 0 spiro atoms. The van der Waals surface area contributed by atoms with Gasteiger partial charge in [-0.3, -0.25) is 0 Å². The molecule has 6 nitrogen and oxygen atoms in total. The SMILES string of the molecule is COC1(CNC(=O)NC2(C(=O)O)CCCCC2)CCC1.